The average Bonchev–Trinajstić information content (AvgIpc) is 3.17. The van der Waals surface area contributed by atoms with Crippen molar-refractivity contribution in [1.82, 2.24) is 10.6 Å². The van der Waals surface area contributed by atoms with Crippen molar-refractivity contribution in [2.24, 2.45) is 0 Å². The van der Waals surface area contributed by atoms with E-state index >= 15 is 0 Å². The molecule has 1 fully saturated rings. The van der Waals surface area contributed by atoms with Crippen LogP contribution in [0.3, 0.4) is 0 Å². The number of hydrogen-bond donors (Lipinski definition) is 3. The smallest absolute Gasteiger partial charge is 0.253 e. The molecule has 7 heteroatoms. The summed E-state index contributed by atoms with van der Waals surface area (Å²) in [5.41, 5.74) is 5.51. The Hall–Kier alpha value is -1.63. The van der Waals surface area contributed by atoms with Crippen LogP contribution in [0.5, 0.6) is 0 Å². The summed E-state index contributed by atoms with van der Waals surface area (Å²) in [4.78, 5) is 23.8. The van der Waals surface area contributed by atoms with Crippen LogP contribution in [0.1, 0.15) is 30.1 Å². The number of amides is 2. The van der Waals surface area contributed by atoms with Crippen LogP contribution >= 0.6 is 15.9 Å². The van der Waals surface area contributed by atoms with E-state index in [0.717, 1.165) is 18.9 Å². The number of carbonyl (C=O) groups is 2. The van der Waals surface area contributed by atoms with Crippen molar-refractivity contribution < 1.29 is 14.0 Å². The number of halogens is 2. The van der Waals surface area contributed by atoms with Crippen molar-refractivity contribution in [2.75, 3.05) is 5.73 Å². The van der Waals surface area contributed by atoms with E-state index in [9.17, 15) is 14.0 Å². The molecule has 0 radical (unpaired) electrons. The minimum absolute atomic E-state index is 0.117. The first-order chi connectivity index (χ1) is 9.38. The van der Waals surface area contributed by atoms with Crippen LogP contribution in [0, 0.1) is 5.82 Å². The molecular formula is C13H15BrFN3O2. The molecule has 1 atom stereocenters. The third kappa shape index (κ3) is 3.47. The monoisotopic (exact) mass is 343 g/mol. The van der Waals surface area contributed by atoms with Gasteiger partial charge in [-0.2, -0.15) is 0 Å². The van der Waals surface area contributed by atoms with E-state index in [2.05, 4.69) is 26.6 Å². The molecule has 0 spiro atoms. The van der Waals surface area contributed by atoms with Crippen LogP contribution in [0.25, 0.3) is 0 Å². The lowest BCUT2D eigenvalue weighted by molar-refractivity contribution is -0.122. The van der Waals surface area contributed by atoms with Crippen LogP contribution < -0.4 is 16.4 Å². The maximum atomic E-state index is 13.2. The Balaban J connectivity index is 2.03. The lowest BCUT2D eigenvalue weighted by atomic mass is 10.1. The zero-order valence-electron chi connectivity index (χ0n) is 10.9. The first kappa shape index (κ1) is 14.8. The molecule has 2 amide bonds. The fourth-order valence-corrected chi connectivity index (χ4v) is 2.13. The predicted molar refractivity (Wildman–Crippen MR) is 76.6 cm³/mol. The van der Waals surface area contributed by atoms with Gasteiger partial charge in [-0.15, -0.1) is 0 Å². The Kier molecular flexibility index (Phi) is 4.27. The van der Waals surface area contributed by atoms with Crippen LogP contribution in [0.15, 0.2) is 16.6 Å². The molecule has 1 aromatic rings. The van der Waals surface area contributed by atoms with E-state index < -0.39 is 17.8 Å². The number of rotatable bonds is 4. The normalized spacial score (nSPS) is 15.6. The first-order valence-electron chi connectivity index (χ1n) is 6.24. The summed E-state index contributed by atoms with van der Waals surface area (Å²) in [7, 11) is 0. The van der Waals surface area contributed by atoms with Gasteiger partial charge in [-0.05, 0) is 47.8 Å². The second-order valence-corrected chi connectivity index (χ2v) is 5.69. The third-order valence-electron chi connectivity index (χ3n) is 3.00. The van der Waals surface area contributed by atoms with Crippen LogP contribution in [0.4, 0.5) is 10.1 Å². The molecule has 20 heavy (non-hydrogen) atoms. The number of anilines is 1. The fourth-order valence-electron chi connectivity index (χ4n) is 1.63. The van der Waals surface area contributed by atoms with Crippen molar-refractivity contribution >= 4 is 33.4 Å². The molecule has 5 nitrogen and oxygen atoms in total. The summed E-state index contributed by atoms with van der Waals surface area (Å²) in [6.07, 6.45) is 1.96. The minimum Gasteiger partial charge on any atom is -0.396 e. The van der Waals surface area contributed by atoms with Crippen molar-refractivity contribution in [3.05, 3.63) is 28.0 Å². The zero-order chi connectivity index (χ0) is 14.9. The number of nitrogen functional groups attached to an aromatic ring is 1. The lowest BCUT2D eigenvalue weighted by Gasteiger charge is -2.14. The van der Waals surface area contributed by atoms with Gasteiger partial charge in [-0.1, -0.05) is 0 Å². The molecule has 1 unspecified atom stereocenters. The highest BCUT2D eigenvalue weighted by atomic mass is 79.9. The molecule has 0 aliphatic heterocycles. The molecule has 1 saturated carbocycles. The largest absolute Gasteiger partial charge is 0.396 e. The molecule has 1 aromatic carbocycles. The highest BCUT2D eigenvalue weighted by Gasteiger charge is 2.26. The molecule has 0 saturated heterocycles. The second kappa shape index (κ2) is 5.78. The summed E-state index contributed by atoms with van der Waals surface area (Å²) < 4.78 is 13.5. The maximum Gasteiger partial charge on any atom is 0.253 e. The number of carbonyl (C=O) groups excluding carboxylic acids is 2. The molecule has 4 N–H and O–H groups in total. The summed E-state index contributed by atoms with van der Waals surface area (Å²) in [6.45, 7) is 1.59. The molecule has 0 bridgehead atoms. The molecule has 0 aromatic heterocycles. The second-order valence-electron chi connectivity index (χ2n) is 4.83. The average molecular weight is 344 g/mol. The zero-order valence-corrected chi connectivity index (χ0v) is 12.5. The standard InChI is InChI=1S/C13H15BrFN3O2/c1-6(12(19)18-7-2-3-7)17-13(20)8-4-11(16)10(15)5-9(8)14/h4-7H,2-3,16H2,1H3,(H,17,20)(H,18,19). The van der Waals surface area contributed by atoms with E-state index in [0.29, 0.717) is 0 Å². The van der Waals surface area contributed by atoms with Crippen molar-refractivity contribution in [3.63, 3.8) is 0 Å². The number of benzene rings is 1. The van der Waals surface area contributed by atoms with Crippen LogP contribution in [-0.2, 0) is 4.79 Å². The Morgan fingerprint density at radius 1 is 1.45 bits per heavy atom. The van der Waals surface area contributed by atoms with Gasteiger partial charge in [0.2, 0.25) is 5.91 Å². The first-order valence-corrected chi connectivity index (χ1v) is 7.03. The Bertz CT molecular complexity index is 561. The number of nitrogens with two attached hydrogens (primary N) is 1. The van der Waals surface area contributed by atoms with Gasteiger partial charge in [-0.3, -0.25) is 9.59 Å². The SMILES string of the molecule is CC(NC(=O)c1cc(N)c(F)cc1Br)C(=O)NC1CC1. The number of nitrogens with one attached hydrogen (secondary N) is 2. The van der Waals surface area contributed by atoms with Gasteiger partial charge < -0.3 is 16.4 Å². The number of hydrogen-bond acceptors (Lipinski definition) is 3. The Morgan fingerprint density at radius 3 is 2.70 bits per heavy atom. The Morgan fingerprint density at radius 2 is 2.10 bits per heavy atom. The summed E-state index contributed by atoms with van der Waals surface area (Å²) in [6, 6.07) is 1.93. The summed E-state index contributed by atoms with van der Waals surface area (Å²) >= 11 is 3.10. The van der Waals surface area contributed by atoms with Gasteiger partial charge in [0.1, 0.15) is 11.9 Å². The maximum absolute atomic E-state index is 13.2. The fraction of sp³-hybridized carbons (Fsp3) is 0.385. The topological polar surface area (TPSA) is 84.2 Å². The summed E-state index contributed by atoms with van der Waals surface area (Å²) in [5, 5.41) is 5.35. The van der Waals surface area contributed by atoms with Gasteiger partial charge in [0.05, 0.1) is 11.3 Å². The van der Waals surface area contributed by atoms with E-state index in [1.165, 1.54) is 6.07 Å². The van der Waals surface area contributed by atoms with Gasteiger partial charge in [0, 0.05) is 10.5 Å². The van der Waals surface area contributed by atoms with Crippen molar-refractivity contribution in [3.8, 4) is 0 Å². The van der Waals surface area contributed by atoms with Crippen molar-refractivity contribution in [1.29, 1.82) is 0 Å². The minimum atomic E-state index is -0.665. The highest BCUT2D eigenvalue weighted by molar-refractivity contribution is 9.10. The predicted octanol–water partition coefficient (Wildman–Crippen LogP) is 1.57. The van der Waals surface area contributed by atoms with Crippen LogP contribution in [-0.4, -0.2) is 23.9 Å². The molecule has 1 aliphatic carbocycles. The molecule has 108 valence electrons. The molecule has 2 rings (SSSR count). The van der Waals surface area contributed by atoms with E-state index in [1.54, 1.807) is 6.92 Å². The van der Waals surface area contributed by atoms with Crippen molar-refractivity contribution in [2.45, 2.75) is 31.8 Å². The van der Waals surface area contributed by atoms with E-state index in [1.807, 2.05) is 0 Å². The van der Waals surface area contributed by atoms with Gasteiger partial charge in [0.25, 0.3) is 5.91 Å². The van der Waals surface area contributed by atoms with Gasteiger partial charge in [0.15, 0.2) is 0 Å². The summed E-state index contributed by atoms with van der Waals surface area (Å²) in [5.74, 6) is -1.32. The van der Waals surface area contributed by atoms with E-state index in [-0.39, 0.29) is 27.7 Å². The third-order valence-corrected chi connectivity index (χ3v) is 3.65. The van der Waals surface area contributed by atoms with Crippen LogP contribution in [0.2, 0.25) is 0 Å². The quantitative estimate of drug-likeness (QED) is 0.725. The van der Waals surface area contributed by atoms with E-state index in [4.69, 9.17) is 5.73 Å². The highest BCUT2D eigenvalue weighted by Crippen LogP contribution is 2.23. The molecule has 1 aliphatic rings. The van der Waals surface area contributed by atoms with Gasteiger partial charge in [-0.25, -0.2) is 4.39 Å². The Labute approximate surface area is 124 Å². The van der Waals surface area contributed by atoms with Gasteiger partial charge >= 0.3 is 0 Å². The lowest BCUT2D eigenvalue weighted by Crippen LogP contribution is -2.45. The molecular weight excluding hydrogens is 329 g/mol. The molecule has 0 heterocycles.